The molecule has 1 aliphatic carbocycles. The first-order chi connectivity index (χ1) is 12.0. The first-order valence-corrected chi connectivity index (χ1v) is 9.26. The smallest absolute Gasteiger partial charge is 0.239 e. The number of hydrogen-bond acceptors (Lipinski definition) is 2. The maximum Gasteiger partial charge on any atom is 0.239 e. The van der Waals surface area contributed by atoms with E-state index in [4.69, 9.17) is 0 Å². The molecule has 0 aromatic heterocycles. The zero-order chi connectivity index (χ0) is 17.6. The molecule has 2 aliphatic rings. The second kappa shape index (κ2) is 5.91. The van der Waals surface area contributed by atoms with Crippen LogP contribution in [0.15, 0.2) is 36.4 Å². The molecule has 4 rings (SSSR count). The van der Waals surface area contributed by atoms with Crippen LogP contribution in [0.25, 0.3) is 0 Å². The van der Waals surface area contributed by atoms with Crippen molar-refractivity contribution in [3.8, 4) is 5.75 Å². The van der Waals surface area contributed by atoms with Crippen molar-refractivity contribution in [2.75, 3.05) is 5.32 Å². The van der Waals surface area contributed by atoms with Gasteiger partial charge in [-0.05, 0) is 67.0 Å². The molecule has 1 saturated carbocycles. The van der Waals surface area contributed by atoms with E-state index in [9.17, 15) is 9.90 Å². The summed E-state index contributed by atoms with van der Waals surface area (Å²) in [6, 6.07) is 11.5. The van der Waals surface area contributed by atoms with E-state index < -0.39 is 5.41 Å². The molecule has 1 unspecified atom stereocenters. The molecule has 1 fully saturated rings. The number of aromatic hydroxyl groups is 1. The van der Waals surface area contributed by atoms with Crippen molar-refractivity contribution >= 4 is 11.6 Å². The molecule has 1 aliphatic heterocycles. The van der Waals surface area contributed by atoms with E-state index in [1.807, 2.05) is 12.1 Å². The number of hydrogen-bond donors (Lipinski definition) is 2. The number of carbonyl (C=O) groups is 1. The minimum atomic E-state index is -0.637. The van der Waals surface area contributed by atoms with Crippen molar-refractivity contribution in [3.63, 3.8) is 0 Å². The van der Waals surface area contributed by atoms with Gasteiger partial charge in [0.2, 0.25) is 5.91 Å². The van der Waals surface area contributed by atoms with Crippen LogP contribution in [0.2, 0.25) is 0 Å². The average Bonchev–Trinajstić information content (AvgIpc) is 2.93. The highest BCUT2D eigenvalue weighted by Crippen LogP contribution is 2.53. The number of fused-ring (bicyclic) bond motifs is 1. The van der Waals surface area contributed by atoms with Crippen LogP contribution in [0.1, 0.15) is 54.4 Å². The number of rotatable bonds is 2. The molecule has 2 aromatic carbocycles. The fourth-order valence-corrected chi connectivity index (χ4v) is 4.83. The summed E-state index contributed by atoms with van der Waals surface area (Å²) in [5.74, 6) is 0.629. The van der Waals surface area contributed by atoms with Crippen LogP contribution in [0.4, 0.5) is 5.69 Å². The van der Waals surface area contributed by atoms with Gasteiger partial charge in [0.25, 0.3) is 0 Å². The lowest BCUT2D eigenvalue weighted by Gasteiger charge is -2.39. The van der Waals surface area contributed by atoms with E-state index in [1.165, 1.54) is 24.8 Å². The van der Waals surface area contributed by atoms with Crippen LogP contribution in [0.3, 0.4) is 0 Å². The predicted molar refractivity (Wildman–Crippen MR) is 100 cm³/mol. The van der Waals surface area contributed by atoms with Crippen molar-refractivity contribution in [1.82, 2.24) is 0 Å². The van der Waals surface area contributed by atoms with Crippen molar-refractivity contribution in [2.24, 2.45) is 5.92 Å². The van der Waals surface area contributed by atoms with E-state index >= 15 is 0 Å². The minimum absolute atomic E-state index is 0.0915. The third-order valence-electron chi connectivity index (χ3n) is 6.30. The van der Waals surface area contributed by atoms with Gasteiger partial charge in [-0.1, -0.05) is 43.5 Å². The molecule has 25 heavy (non-hydrogen) atoms. The lowest BCUT2D eigenvalue weighted by Crippen LogP contribution is -2.43. The van der Waals surface area contributed by atoms with Gasteiger partial charge in [0.05, 0.1) is 0 Å². The van der Waals surface area contributed by atoms with Gasteiger partial charge < -0.3 is 10.4 Å². The molecular formula is C22H25NO2. The van der Waals surface area contributed by atoms with Crippen LogP contribution in [-0.2, 0) is 10.2 Å². The van der Waals surface area contributed by atoms with Crippen LogP contribution in [0, 0.1) is 19.8 Å². The van der Waals surface area contributed by atoms with Gasteiger partial charge in [0.1, 0.15) is 11.2 Å². The minimum Gasteiger partial charge on any atom is -0.508 e. The maximum absolute atomic E-state index is 13.4. The molecule has 1 heterocycles. The Balaban J connectivity index is 1.98. The SMILES string of the molecule is Cc1ccc2c(c1C)NC(=O)C2(c1ccc(O)cc1)C1CCCCC1. The van der Waals surface area contributed by atoms with Gasteiger partial charge in [0.15, 0.2) is 0 Å². The fraction of sp³-hybridized carbons (Fsp3) is 0.409. The van der Waals surface area contributed by atoms with E-state index in [-0.39, 0.29) is 11.7 Å². The molecule has 3 heteroatoms. The molecule has 2 aromatic rings. The van der Waals surface area contributed by atoms with Crippen LogP contribution in [-0.4, -0.2) is 11.0 Å². The number of nitrogens with one attached hydrogen (secondary N) is 1. The van der Waals surface area contributed by atoms with E-state index in [2.05, 4.69) is 31.3 Å². The van der Waals surface area contributed by atoms with Gasteiger partial charge in [0, 0.05) is 5.69 Å². The third-order valence-corrected chi connectivity index (χ3v) is 6.30. The second-order valence-electron chi connectivity index (χ2n) is 7.57. The number of amides is 1. The second-order valence-corrected chi connectivity index (χ2v) is 7.57. The van der Waals surface area contributed by atoms with E-state index in [0.717, 1.165) is 35.2 Å². The molecule has 0 spiro atoms. The Hall–Kier alpha value is -2.29. The summed E-state index contributed by atoms with van der Waals surface area (Å²) in [5.41, 5.74) is 4.81. The van der Waals surface area contributed by atoms with Crippen molar-refractivity contribution < 1.29 is 9.90 Å². The number of carbonyl (C=O) groups excluding carboxylic acids is 1. The standard InChI is InChI=1S/C22H25NO2/c1-14-8-13-19-20(15(14)2)23-21(25)22(19,16-6-4-3-5-7-16)17-9-11-18(24)12-10-17/h8-13,16,24H,3-7H2,1-2H3,(H,23,25). The molecule has 1 atom stereocenters. The highest BCUT2D eigenvalue weighted by Gasteiger charge is 2.53. The van der Waals surface area contributed by atoms with Crippen molar-refractivity contribution in [3.05, 3.63) is 58.7 Å². The molecule has 0 saturated heterocycles. The Morgan fingerprint density at radius 1 is 1.00 bits per heavy atom. The quantitative estimate of drug-likeness (QED) is 0.826. The van der Waals surface area contributed by atoms with Crippen molar-refractivity contribution in [2.45, 2.75) is 51.4 Å². The van der Waals surface area contributed by atoms with Gasteiger partial charge in [-0.15, -0.1) is 0 Å². The number of phenolic OH excluding ortho intramolecular Hbond substituents is 1. The highest BCUT2D eigenvalue weighted by molar-refractivity contribution is 6.09. The molecule has 0 radical (unpaired) electrons. The molecule has 0 bridgehead atoms. The predicted octanol–water partition coefficient (Wildman–Crippen LogP) is 4.83. The number of aryl methyl sites for hydroxylation is 1. The van der Waals surface area contributed by atoms with Gasteiger partial charge in [-0.3, -0.25) is 4.79 Å². The summed E-state index contributed by atoms with van der Waals surface area (Å²) in [6.45, 7) is 4.17. The Morgan fingerprint density at radius 2 is 1.68 bits per heavy atom. The topological polar surface area (TPSA) is 49.3 Å². The molecule has 130 valence electrons. The van der Waals surface area contributed by atoms with Gasteiger partial charge >= 0.3 is 0 Å². The summed E-state index contributed by atoms with van der Waals surface area (Å²) in [4.78, 5) is 13.4. The average molecular weight is 335 g/mol. The summed E-state index contributed by atoms with van der Waals surface area (Å²) < 4.78 is 0. The number of benzene rings is 2. The highest BCUT2D eigenvalue weighted by atomic mass is 16.3. The Kier molecular flexibility index (Phi) is 3.82. The Labute approximate surface area is 149 Å². The van der Waals surface area contributed by atoms with Gasteiger partial charge in [-0.25, -0.2) is 0 Å². The number of phenols is 1. The van der Waals surface area contributed by atoms with E-state index in [1.54, 1.807) is 12.1 Å². The molecule has 1 amide bonds. The normalized spacial score (nSPS) is 23.4. The summed E-state index contributed by atoms with van der Waals surface area (Å²) in [6.07, 6.45) is 5.75. The zero-order valence-corrected chi connectivity index (χ0v) is 14.9. The maximum atomic E-state index is 13.4. The third kappa shape index (κ3) is 2.29. The summed E-state index contributed by atoms with van der Waals surface area (Å²) >= 11 is 0. The molecule has 2 N–H and O–H groups in total. The van der Waals surface area contributed by atoms with Crippen LogP contribution < -0.4 is 5.32 Å². The zero-order valence-electron chi connectivity index (χ0n) is 14.9. The first-order valence-electron chi connectivity index (χ1n) is 9.26. The summed E-state index contributed by atoms with van der Waals surface area (Å²) in [7, 11) is 0. The van der Waals surface area contributed by atoms with Crippen LogP contribution >= 0.6 is 0 Å². The van der Waals surface area contributed by atoms with Gasteiger partial charge in [-0.2, -0.15) is 0 Å². The largest absolute Gasteiger partial charge is 0.508 e. The Bertz CT molecular complexity index is 819. The fourth-order valence-electron chi connectivity index (χ4n) is 4.83. The lowest BCUT2D eigenvalue weighted by atomic mass is 9.62. The van der Waals surface area contributed by atoms with Crippen molar-refractivity contribution in [1.29, 1.82) is 0 Å². The van der Waals surface area contributed by atoms with E-state index in [0.29, 0.717) is 5.92 Å². The molecular weight excluding hydrogens is 310 g/mol. The first kappa shape index (κ1) is 16.2. The monoisotopic (exact) mass is 335 g/mol. The Morgan fingerprint density at radius 3 is 2.36 bits per heavy atom. The summed E-state index contributed by atoms with van der Waals surface area (Å²) in [5, 5.41) is 12.9. The number of anilines is 1. The lowest BCUT2D eigenvalue weighted by molar-refractivity contribution is -0.121. The van der Waals surface area contributed by atoms with Crippen LogP contribution in [0.5, 0.6) is 5.75 Å². The molecule has 3 nitrogen and oxygen atoms in total.